The number of halogens is 1. The second-order valence-corrected chi connectivity index (χ2v) is 6.22. The lowest BCUT2D eigenvalue weighted by molar-refractivity contribution is -0.122. The Morgan fingerprint density at radius 3 is 2.76 bits per heavy atom. The van der Waals surface area contributed by atoms with Crippen molar-refractivity contribution in [3.05, 3.63) is 20.8 Å². The van der Waals surface area contributed by atoms with Crippen molar-refractivity contribution in [2.75, 3.05) is 6.54 Å². The molecule has 0 aliphatic heterocycles. The van der Waals surface area contributed by atoms with Gasteiger partial charge in [0, 0.05) is 17.8 Å². The van der Waals surface area contributed by atoms with Crippen LogP contribution < -0.4 is 11.1 Å². The predicted molar refractivity (Wildman–Crippen MR) is 71.9 cm³/mol. The number of hydrogen-bond donors (Lipinski definition) is 2. The summed E-state index contributed by atoms with van der Waals surface area (Å²) in [6, 6.07) is 3.86. The number of nitrogens with one attached hydrogen (secondary N) is 1. The Morgan fingerprint density at radius 1 is 1.53 bits per heavy atom. The molecule has 0 spiro atoms. The number of nitrogens with two attached hydrogens (primary N) is 1. The summed E-state index contributed by atoms with van der Waals surface area (Å²) in [5.74, 6) is -0.529. The van der Waals surface area contributed by atoms with Crippen LogP contribution in [0.25, 0.3) is 0 Å². The Bertz CT molecular complexity index is 406. The van der Waals surface area contributed by atoms with Crippen molar-refractivity contribution in [2.24, 2.45) is 5.73 Å². The molecule has 3 N–H and O–H groups in total. The number of carbonyl (C=O) groups is 2. The molecule has 4 nitrogen and oxygen atoms in total. The van der Waals surface area contributed by atoms with Gasteiger partial charge >= 0.3 is 0 Å². The van der Waals surface area contributed by atoms with Crippen molar-refractivity contribution in [1.82, 2.24) is 5.32 Å². The van der Waals surface area contributed by atoms with Crippen molar-refractivity contribution >= 4 is 39.1 Å². The molecule has 0 radical (unpaired) electrons. The number of thiophene rings is 1. The zero-order chi connectivity index (χ0) is 12.8. The molecule has 1 atom stereocenters. The first kappa shape index (κ1) is 14.2. The summed E-state index contributed by atoms with van der Waals surface area (Å²) in [7, 11) is 0. The van der Waals surface area contributed by atoms with E-state index in [2.05, 4.69) is 21.2 Å². The molecule has 0 saturated heterocycles. The van der Waals surface area contributed by atoms with E-state index in [1.807, 2.05) is 19.1 Å². The summed E-state index contributed by atoms with van der Waals surface area (Å²) in [5, 5.41) is 2.79. The van der Waals surface area contributed by atoms with Crippen molar-refractivity contribution in [1.29, 1.82) is 0 Å². The zero-order valence-corrected chi connectivity index (χ0v) is 11.9. The maximum atomic E-state index is 11.8. The summed E-state index contributed by atoms with van der Waals surface area (Å²) >= 11 is 4.91. The molecule has 0 aliphatic rings. The van der Waals surface area contributed by atoms with Gasteiger partial charge in [-0.3, -0.25) is 9.59 Å². The van der Waals surface area contributed by atoms with Gasteiger partial charge in [0.2, 0.25) is 11.8 Å². The molecule has 0 aliphatic carbocycles. The third kappa shape index (κ3) is 4.87. The minimum atomic E-state index is -0.338. The topological polar surface area (TPSA) is 72.2 Å². The van der Waals surface area contributed by atoms with E-state index < -0.39 is 0 Å². The molecule has 0 bridgehead atoms. The first-order chi connectivity index (χ1) is 8.00. The van der Waals surface area contributed by atoms with E-state index >= 15 is 0 Å². The molecule has 1 aromatic heterocycles. The fraction of sp³-hybridized carbons (Fsp3) is 0.455. The smallest absolute Gasteiger partial charge is 0.228 e. The van der Waals surface area contributed by atoms with E-state index in [0.29, 0.717) is 19.4 Å². The van der Waals surface area contributed by atoms with Crippen LogP contribution in [0, 0.1) is 0 Å². The maximum Gasteiger partial charge on any atom is 0.228 e. The van der Waals surface area contributed by atoms with Crippen LogP contribution in [0.1, 0.15) is 30.6 Å². The van der Waals surface area contributed by atoms with Gasteiger partial charge in [0.25, 0.3) is 0 Å². The summed E-state index contributed by atoms with van der Waals surface area (Å²) in [6.07, 6.45) is 0.890. The normalized spacial score (nSPS) is 12.1. The van der Waals surface area contributed by atoms with Gasteiger partial charge < -0.3 is 11.1 Å². The standard InChI is InChI=1S/C11H15BrN2O2S/c1-7(8-4-5-9(12)17-8)11(16)14-6-2-3-10(13)15/h4-5,7H,2-3,6H2,1H3,(H2,13,15)(H,14,16)/t7-/m0/s1. The SMILES string of the molecule is C[C@H](C(=O)NCCCC(N)=O)c1ccc(Br)s1. The fourth-order valence-electron chi connectivity index (χ4n) is 1.32. The third-order valence-corrected chi connectivity index (χ3v) is 4.12. The van der Waals surface area contributed by atoms with Gasteiger partial charge in [0.15, 0.2) is 0 Å². The average molecular weight is 319 g/mol. The highest BCUT2D eigenvalue weighted by Gasteiger charge is 2.16. The molecule has 1 rings (SSSR count). The molecule has 1 aromatic rings. The monoisotopic (exact) mass is 318 g/mol. The van der Waals surface area contributed by atoms with Crippen LogP contribution >= 0.6 is 27.3 Å². The molecular formula is C11H15BrN2O2S. The third-order valence-electron chi connectivity index (χ3n) is 2.31. The van der Waals surface area contributed by atoms with E-state index in [4.69, 9.17) is 5.73 Å². The van der Waals surface area contributed by atoms with Gasteiger partial charge in [-0.05, 0) is 41.4 Å². The summed E-state index contributed by atoms with van der Waals surface area (Å²) in [5.41, 5.74) is 5.01. The molecule has 6 heteroatoms. The zero-order valence-electron chi connectivity index (χ0n) is 9.53. The summed E-state index contributed by atoms with van der Waals surface area (Å²) in [6.45, 7) is 2.35. The van der Waals surface area contributed by atoms with Crippen LogP contribution in [-0.2, 0) is 9.59 Å². The molecule has 0 saturated carbocycles. The van der Waals surface area contributed by atoms with E-state index in [1.54, 1.807) is 11.3 Å². The van der Waals surface area contributed by atoms with Crippen LogP contribution in [0.15, 0.2) is 15.9 Å². The van der Waals surface area contributed by atoms with Crippen LogP contribution in [0.3, 0.4) is 0 Å². The largest absolute Gasteiger partial charge is 0.370 e. The van der Waals surface area contributed by atoms with E-state index in [9.17, 15) is 9.59 Å². The van der Waals surface area contributed by atoms with Crippen molar-refractivity contribution in [3.8, 4) is 0 Å². The lowest BCUT2D eigenvalue weighted by atomic mass is 10.1. The molecule has 0 fully saturated rings. The second-order valence-electron chi connectivity index (χ2n) is 3.72. The fourth-order valence-corrected chi connectivity index (χ4v) is 2.79. The second kappa shape index (κ2) is 6.76. The van der Waals surface area contributed by atoms with Crippen LogP contribution in [0.5, 0.6) is 0 Å². The van der Waals surface area contributed by atoms with Gasteiger partial charge in [-0.1, -0.05) is 0 Å². The van der Waals surface area contributed by atoms with Crippen LogP contribution in [-0.4, -0.2) is 18.4 Å². The number of rotatable bonds is 6. The lowest BCUT2D eigenvalue weighted by Gasteiger charge is -2.09. The lowest BCUT2D eigenvalue weighted by Crippen LogP contribution is -2.29. The van der Waals surface area contributed by atoms with Gasteiger partial charge in [0.1, 0.15) is 0 Å². The Labute approximate surface area is 113 Å². The number of hydrogen-bond acceptors (Lipinski definition) is 3. The van der Waals surface area contributed by atoms with Crippen LogP contribution in [0.2, 0.25) is 0 Å². The first-order valence-corrected chi connectivity index (χ1v) is 6.93. The van der Waals surface area contributed by atoms with Gasteiger partial charge in [-0.15, -0.1) is 11.3 Å². The van der Waals surface area contributed by atoms with Gasteiger partial charge in [-0.2, -0.15) is 0 Å². The molecular weight excluding hydrogens is 304 g/mol. The number of amides is 2. The highest BCUT2D eigenvalue weighted by Crippen LogP contribution is 2.28. The molecule has 2 amide bonds. The maximum absolute atomic E-state index is 11.8. The number of carbonyl (C=O) groups excluding carboxylic acids is 2. The Kier molecular flexibility index (Phi) is 5.64. The molecule has 94 valence electrons. The van der Waals surface area contributed by atoms with E-state index in [1.165, 1.54) is 0 Å². The minimum absolute atomic E-state index is 0.0242. The van der Waals surface area contributed by atoms with Crippen molar-refractivity contribution in [3.63, 3.8) is 0 Å². The highest BCUT2D eigenvalue weighted by atomic mass is 79.9. The Balaban J connectivity index is 2.35. The number of primary amides is 1. The quantitative estimate of drug-likeness (QED) is 0.787. The minimum Gasteiger partial charge on any atom is -0.370 e. The average Bonchev–Trinajstić information content (AvgIpc) is 2.69. The Hall–Kier alpha value is -0.880. The van der Waals surface area contributed by atoms with Crippen LogP contribution in [0.4, 0.5) is 0 Å². The van der Waals surface area contributed by atoms with E-state index in [-0.39, 0.29) is 17.7 Å². The molecule has 0 aromatic carbocycles. The van der Waals surface area contributed by atoms with Gasteiger partial charge in [-0.25, -0.2) is 0 Å². The highest BCUT2D eigenvalue weighted by molar-refractivity contribution is 9.11. The van der Waals surface area contributed by atoms with E-state index in [0.717, 1.165) is 8.66 Å². The first-order valence-electron chi connectivity index (χ1n) is 5.32. The molecule has 17 heavy (non-hydrogen) atoms. The van der Waals surface area contributed by atoms with Crippen molar-refractivity contribution < 1.29 is 9.59 Å². The molecule has 1 heterocycles. The predicted octanol–water partition coefficient (Wildman–Crippen LogP) is 2.00. The summed E-state index contributed by atoms with van der Waals surface area (Å²) in [4.78, 5) is 23.3. The Morgan fingerprint density at radius 2 is 2.24 bits per heavy atom. The van der Waals surface area contributed by atoms with Crippen molar-refractivity contribution in [2.45, 2.75) is 25.7 Å². The van der Waals surface area contributed by atoms with Gasteiger partial charge in [0.05, 0.1) is 9.70 Å². The molecule has 0 unspecified atom stereocenters. The summed E-state index contributed by atoms with van der Waals surface area (Å²) < 4.78 is 1.01.